The Balaban J connectivity index is 1.74. The molecule has 3 aromatic rings. The van der Waals surface area contributed by atoms with Gasteiger partial charge in [0.05, 0.1) is 12.3 Å². The summed E-state index contributed by atoms with van der Waals surface area (Å²) in [5, 5.41) is 9.05. The van der Waals surface area contributed by atoms with E-state index in [1.54, 1.807) is 11.3 Å². The van der Waals surface area contributed by atoms with E-state index in [1.165, 1.54) is 16.3 Å². The van der Waals surface area contributed by atoms with Crippen molar-refractivity contribution in [2.24, 2.45) is 0 Å². The van der Waals surface area contributed by atoms with Crippen molar-refractivity contribution in [1.82, 2.24) is 10.3 Å². The summed E-state index contributed by atoms with van der Waals surface area (Å²) in [6, 6.07) is 14.8. The lowest BCUT2D eigenvalue weighted by Crippen LogP contribution is -2.33. The lowest BCUT2D eigenvalue weighted by molar-refractivity contribution is 0.0276. The largest absolute Gasteiger partial charge is 0.368 e. The molecule has 1 aliphatic heterocycles. The van der Waals surface area contributed by atoms with Crippen LogP contribution >= 0.6 is 11.3 Å². The molecular weight excluding hydrogens is 280 g/mol. The maximum Gasteiger partial charge on any atom is 0.124 e. The zero-order valence-corrected chi connectivity index (χ0v) is 12.4. The van der Waals surface area contributed by atoms with E-state index in [0.29, 0.717) is 0 Å². The first-order chi connectivity index (χ1) is 10.4. The number of nitrogens with one attached hydrogen (secondary N) is 1. The molecule has 1 unspecified atom stereocenters. The van der Waals surface area contributed by atoms with Gasteiger partial charge in [-0.1, -0.05) is 42.5 Å². The number of benzene rings is 2. The molecule has 0 spiro atoms. The smallest absolute Gasteiger partial charge is 0.124 e. The molecule has 0 aliphatic carbocycles. The van der Waals surface area contributed by atoms with E-state index in [1.807, 2.05) is 0 Å². The fourth-order valence-corrected chi connectivity index (χ4v) is 3.60. The molecule has 2 heterocycles. The van der Waals surface area contributed by atoms with Gasteiger partial charge in [-0.25, -0.2) is 4.98 Å². The minimum Gasteiger partial charge on any atom is -0.368 e. The monoisotopic (exact) mass is 296 g/mol. The summed E-state index contributed by atoms with van der Waals surface area (Å²) in [6.07, 6.45) is 0.0903. The van der Waals surface area contributed by atoms with Crippen LogP contribution in [0.15, 0.2) is 47.8 Å². The van der Waals surface area contributed by atoms with E-state index >= 15 is 0 Å². The topological polar surface area (TPSA) is 34.1 Å². The molecule has 0 radical (unpaired) electrons. The maximum atomic E-state index is 5.79. The maximum absolute atomic E-state index is 5.79. The number of fused-ring (bicyclic) bond motifs is 1. The SMILES string of the molecule is c1ccc2c(-c3csc(C4CNCCO4)n3)cccc2c1. The summed E-state index contributed by atoms with van der Waals surface area (Å²) < 4.78 is 5.79. The Morgan fingerprint density at radius 3 is 2.95 bits per heavy atom. The van der Waals surface area contributed by atoms with Gasteiger partial charge in [0.25, 0.3) is 0 Å². The number of nitrogens with zero attached hydrogens (tertiary/aromatic N) is 1. The summed E-state index contributed by atoms with van der Waals surface area (Å²) in [5.74, 6) is 0. The predicted molar refractivity (Wildman–Crippen MR) is 86.6 cm³/mol. The second-order valence-corrected chi connectivity index (χ2v) is 6.05. The fraction of sp³-hybridized carbons (Fsp3) is 0.235. The van der Waals surface area contributed by atoms with Gasteiger partial charge in [0, 0.05) is 24.0 Å². The van der Waals surface area contributed by atoms with E-state index in [2.05, 4.69) is 53.2 Å². The van der Waals surface area contributed by atoms with Crippen LogP contribution in [-0.2, 0) is 4.74 Å². The van der Waals surface area contributed by atoms with Crippen LogP contribution in [0.4, 0.5) is 0 Å². The highest BCUT2D eigenvalue weighted by Crippen LogP contribution is 2.32. The number of hydrogen-bond acceptors (Lipinski definition) is 4. The minimum absolute atomic E-state index is 0.0903. The van der Waals surface area contributed by atoms with Gasteiger partial charge in [0.1, 0.15) is 11.1 Å². The molecule has 0 saturated carbocycles. The van der Waals surface area contributed by atoms with Gasteiger partial charge in [0.15, 0.2) is 0 Å². The second kappa shape index (κ2) is 5.56. The number of morpholine rings is 1. The number of hydrogen-bond donors (Lipinski definition) is 1. The second-order valence-electron chi connectivity index (χ2n) is 5.16. The van der Waals surface area contributed by atoms with Crippen molar-refractivity contribution in [3.8, 4) is 11.3 Å². The Labute approximate surface area is 127 Å². The summed E-state index contributed by atoms with van der Waals surface area (Å²) in [5.41, 5.74) is 2.24. The summed E-state index contributed by atoms with van der Waals surface area (Å²) in [7, 11) is 0. The lowest BCUT2D eigenvalue weighted by atomic mass is 10.0. The molecule has 0 amide bonds. The number of ether oxygens (including phenoxy) is 1. The summed E-state index contributed by atoms with van der Waals surface area (Å²) in [4.78, 5) is 4.81. The summed E-state index contributed by atoms with van der Waals surface area (Å²) in [6.45, 7) is 2.54. The average molecular weight is 296 g/mol. The predicted octanol–water partition coefficient (Wildman–Crippen LogP) is 3.62. The van der Waals surface area contributed by atoms with E-state index in [9.17, 15) is 0 Å². The molecular formula is C17H16N2OS. The highest BCUT2D eigenvalue weighted by Gasteiger charge is 2.19. The van der Waals surface area contributed by atoms with Gasteiger partial charge < -0.3 is 10.1 Å². The number of thiazole rings is 1. The average Bonchev–Trinajstić information content (AvgIpc) is 3.05. The minimum atomic E-state index is 0.0903. The molecule has 1 N–H and O–H groups in total. The van der Waals surface area contributed by atoms with Gasteiger partial charge in [-0.3, -0.25) is 0 Å². The van der Waals surface area contributed by atoms with Crippen molar-refractivity contribution < 1.29 is 4.74 Å². The standard InChI is InChI=1S/C17H16N2OS/c1-2-6-13-12(4-1)5-3-7-14(13)15-11-21-17(19-15)16-10-18-8-9-20-16/h1-7,11,16,18H,8-10H2. The third kappa shape index (κ3) is 2.46. The van der Waals surface area contributed by atoms with Crippen molar-refractivity contribution in [2.45, 2.75) is 6.10 Å². The van der Waals surface area contributed by atoms with Crippen LogP contribution in [0.1, 0.15) is 11.1 Å². The molecule has 4 heteroatoms. The Morgan fingerprint density at radius 2 is 2.05 bits per heavy atom. The van der Waals surface area contributed by atoms with E-state index < -0.39 is 0 Å². The zero-order chi connectivity index (χ0) is 14.1. The molecule has 4 rings (SSSR count). The first-order valence-corrected chi connectivity index (χ1v) is 8.06. The number of rotatable bonds is 2. The highest BCUT2D eigenvalue weighted by molar-refractivity contribution is 7.10. The molecule has 106 valence electrons. The van der Waals surface area contributed by atoms with Gasteiger partial charge in [0.2, 0.25) is 0 Å². The Kier molecular flexibility index (Phi) is 3.43. The Hall–Kier alpha value is -1.75. The van der Waals surface area contributed by atoms with Crippen molar-refractivity contribution in [2.75, 3.05) is 19.7 Å². The Morgan fingerprint density at radius 1 is 1.14 bits per heavy atom. The third-order valence-electron chi connectivity index (χ3n) is 3.79. The zero-order valence-electron chi connectivity index (χ0n) is 11.6. The van der Waals surface area contributed by atoms with Gasteiger partial charge in [-0.2, -0.15) is 0 Å². The quantitative estimate of drug-likeness (QED) is 0.784. The summed E-state index contributed by atoms with van der Waals surface area (Å²) >= 11 is 1.68. The van der Waals surface area contributed by atoms with Crippen molar-refractivity contribution in [3.63, 3.8) is 0 Å². The Bertz CT molecular complexity index is 757. The van der Waals surface area contributed by atoms with Crippen LogP contribution in [0.25, 0.3) is 22.0 Å². The first-order valence-electron chi connectivity index (χ1n) is 7.18. The van der Waals surface area contributed by atoms with Gasteiger partial charge >= 0.3 is 0 Å². The molecule has 21 heavy (non-hydrogen) atoms. The van der Waals surface area contributed by atoms with E-state index in [4.69, 9.17) is 9.72 Å². The first kappa shape index (κ1) is 13.0. The highest BCUT2D eigenvalue weighted by atomic mass is 32.1. The van der Waals surface area contributed by atoms with Crippen LogP contribution in [0, 0.1) is 0 Å². The van der Waals surface area contributed by atoms with Gasteiger partial charge in [-0.05, 0) is 10.8 Å². The van der Waals surface area contributed by atoms with Gasteiger partial charge in [-0.15, -0.1) is 11.3 Å². The molecule has 3 nitrogen and oxygen atoms in total. The van der Waals surface area contributed by atoms with Crippen LogP contribution in [-0.4, -0.2) is 24.7 Å². The molecule has 1 saturated heterocycles. The fourth-order valence-electron chi connectivity index (χ4n) is 2.73. The van der Waals surface area contributed by atoms with Crippen molar-refractivity contribution in [3.05, 3.63) is 52.9 Å². The third-order valence-corrected chi connectivity index (χ3v) is 4.73. The van der Waals surface area contributed by atoms with Crippen molar-refractivity contribution >= 4 is 22.1 Å². The molecule has 0 bridgehead atoms. The molecule has 1 fully saturated rings. The van der Waals surface area contributed by atoms with Crippen LogP contribution in [0.5, 0.6) is 0 Å². The molecule has 1 atom stereocenters. The lowest BCUT2D eigenvalue weighted by Gasteiger charge is -2.21. The van der Waals surface area contributed by atoms with E-state index in [-0.39, 0.29) is 6.10 Å². The van der Waals surface area contributed by atoms with Crippen LogP contribution in [0.3, 0.4) is 0 Å². The van der Waals surface area contributed by atoms with Crippen LogP contribution in [0.2, 0.25) is 0 Å². The van der Waals surface area contributed by atoms with Crippen LogP contribution < -0.4 is 5.32 Å². The normalized spacial score (nSPS) is 19.0. The van der Waals surface area contributed by atoms with E-state index in [0.717, 1.165) is 30.4 Å². The molecule has 2 aromatic carbocycles. The number of aromatic nitrogens is 1. The molecule has 1 aliphatic rings. The molecule has 1 aromatic heterocycles. The van der Waals surface area contributed by atoms with Crippen molar-refractivity contribution in [1.29, 1.82) is 0 Å².